The van der Waals surface area contributed by atoms with Crippen molar-refractivity contribution in [3.63, 3.8) is 0 Å². The van der Waals surface area contributed by atoms with E-state index in [-0.39, 0.29) is 5.75 Å². The van der Waals surface area contributed by atoms with Crippen LogP contribution >= 0.6 is 23.2 Å². The Hall–Kier alpha value is -1.38. The molecular formula is C13H10Cl2O2. The lowest BCUT2D eigenvalue weighted by molar-refractivity contribution is 0.306. The molecule has 2 aromatic rings. The monoisotopic (exact) mass is 268 g/mol. The lowest BCUT2D eigenvalue weighted by atomic mass is 10.2. The van der Waals surface area contributed by atoms with Crippen molar-refractivity contribution >= 4 is 23.2 Å². The molecule has 88 valence electrons. The number of halogens is 2. The number of rotatable bonds is 3. The van der Waals surface area contributed by atoms with E-state index in [0.29, 0.717) is 22.4 Å². The zero-order valence-electron chi connectivity index (χ0n) is 8.86. The first-order valence-corrected chi connectivity index (χ1v) is 5.77. The molecule has 0 heterocycles. The van der Waals surface area contributed by atoms with Crippen molar-refractivity contribution in [2.24, 2.45) is 0 Å². The quantitative estimate of drug-likeness (QED) is 0.901. The lowest BCUT2D eigenvalue weighted by Crippen LogP contribution is -1.96. The minimum atomic E-state index is 0.0204. The molecule has 0 aliphatic heterocycles. The van der Waals surface area contributed by atoms with Crippen molar-refractivity contribution in [1.29, 1.82) is 0 Å². The van der Waals surface area contributed by atoms with E-state index >= 15 is 0 Å². The predicted octanol–water partition coefficient (Wildman–Crippen LogP) is 4.28. The first kappa shape index (κ1) is 12.1. The molecule has 0 fully saturated rings. The van der Waals surface area contributed by atoms with Crippen LogP contribution < -0.4 is 4.74 Å². The number of benzene rings is 2. The molecule has 0 radical (unpaired) electrons. The fourth-order valence-electron chi connectivity index (χ4n) is 1.41. The molecule has 0 aromatic heterocycles. The fraction of sp³-hybridized carbons (Fsp3) is 0.0769. The molecule has 0 amide bonds. The molecule has 2 rings (SSSR count). The van der Waals surface area contributed by atoms with Gasteiger partial charge in [0.25, 0.3) is 0 Å². The van der Waals surface area contributed by atoms with Gasteiger partial charge in [0.15, 0.2) is 5.75 Å². The maximum atomic E-state index is 9.28. The smallest absolute Gasteiger partial charge is 0.157 e. The van der Waals surface area contributed by atoms with Gasteiger partial charge >= 0.3 is 0 Å². The van der Waals surface area contributed by atoms with Crippen LogP contribution in [0.5, 0.6) is 11.5 Å². The summed E-state index contributed by atoms with van der Waals surface area (Å²) in [6.45, 7) is 0.380. The second-order valence-electron chi connectivity index (χ2n) is 3.51. The van der Waals surface area contributed by atoms with Gasteiger partial charge in [-0.3, -0.25) is 0 Å². The molecule has 0 aliphatic rings. The van der Waals surface area contributed by atoms with Gasteiger partial charge in [-0.25, -0.2) is 0 Å². The molecule has 0 atom stereocenters. The van der Waals surface area contributed by atoms with Gasteiger partial charge in [0.1, 0.15) is 12.4 Å². The van der Waals surface area contributed by atoms with E-state index in [0.717, 1.165) is 5.56 Å². The SMILES string of the molecule is Oc1cc(Cl)c(OCc2ccccc2)c(Cl)c1. The van der Waals surface area contributed by atoms with Crippen LogP contribution in [0.15, 0.2) is 42.5 Å². The third-order valence-corrected chi connectivity index (χ3v) is 2.77. The van der Waals surface area contributed by atoms with Gasteiger partial charge in [0.2, 0.25) is 0 Å². The van der Waals surface area contributed by atoms with Crippen LogP contribution in [0.3, 0.4) is 0 Å². The van der Waals surface area contributed by atoms with E-state index in [1.807, 2.05) is 30.3 Å². The molecule has 17 heavy (non-hydrogen) atoms. The Bertz CT molecular complexity index is 489. The highest BCUT2D eigenvalue weighted by atomic mass is 35.5. The Morgan fingerprint density at radius 2 is 1.59 bits per heavy atom. The first-order valence-electron chi connectivity index (χ1n) is 5.01. The standard InChI is InChI=1S/C13H10Cl2O2/c14-11-6-10(16)7-12(15)13(11)17-8-9-4-2-1-3-5-9/h1-7,16H,8H2. The summed E-state index contributed by atoms with van der Waals surface area (Å²) in [6, 6.07) is 12.5. The Morgan fingerprint density at radius 1 is 1.00 bits per heavy atom. The fourth-order valence-corrected chi connectivity index (χ4v) is 2.00. The summed E-state index contributed by atoms with van der Waals surface area (Å²) in [5, 5.41) is 9.87. The average molecular weight is 269 g/mol. The molecule has 0 aliphatic carbocycles. The highest BCUT2D eigenvalue weighted by Crippen LogP contribution is 2.36. The van der Waals surface area contributed by atoms with Crippen molar-refractivity contribution in [1.82, 2.24) is 0 Å². The van der Waals surface area contributed by atoms with Crippen molar-refractivity contribution in [3.05, 3.63) is 58.1 Å². The maximum Gasteiger partial charge on any atom is 0.157 e. The zero-order chi connectivity index (χ0) is 12.3. The van der Waals surface area contributed by atoms with Gasteiger partial charge in [-0.2, -0.15) is 0 Å². The van der Waals surface area contributed by atoms with Crippen molar-refractivity contribution < 1.29 is 9.84 Å². The first-order chi connectivity index (χ1) is 8.16. The van der Waals surface area contributed by atoms with E-state index in [4.69, 9.17) is 27.9 Å². The normalized spacial score (nSPS) is 10.2. The van der Waals surface area contributed by atoms with E-state index in [1.165, 1.54) is 12.1 Å². The molecule has 1 N–H and O–H groups in total. The van der Waals surface area contributed by atoms with E-state index in [1.54, 1.807) is 0 Å². The molecular weight excluding hydrogens is 259 g/mol. The number of phenolic OH excluding ortho intramolecular Hbond substituents is 1. The number of aromatic hydroxyl groups is 1. The van der Waals surface area contributed by atoms with E-state index in [9.17, 15) is 5.11 Å². The molecule has 0 unspecified atom stereocenters. The summed E-state index contributed by atoms with van der Waals surface area (Å²) in [4.78, 5) is 0. The molecule has 0 saturated heterocycles. The van der Waals surface area contributed by atoms with Crippen LogP contribution in [-0.4, -0.2) is 5.11 Å². The minimum Gasteiger partial charge on any atom is -0.508 e. The Morgan fingerprint density at radius 3 is 2.18 bits per heavy atom. The van der Waals surface area contributed by atoms with Gasteiger partial charge in [-0.15, -0.1) is 0 Å². The number of hydrogen-bond donors (Lipinski definition) is 1. The number of ether oxygens (including phenoxy) is 1. The molecule has 0 bridgehead atoms. The summed E-state index contributed by atoms with van der Waals surface area (Å²) >= 11 is 11.9. The van der Waals surface area contributed by atoms with Crippen molar-refractivity contribution in [2.75, 3.05) is 0 Å². The summed E-state index contributed by atoms with van der Waals surface area (Å²) < 4.78 is 5.53. The van der Waals surface area contributed by atoms with Crippen molar-refractivity contribution in [2.45, 2.75) is 6.61 Å². The van der Waals surface area contributed by atoms with Crippen LogP contribution in [-0.2, 0) is 6.61 Å². The Labute approximate surface area is 109 Å². The van der Waals surface area contributed by atoms with Crippen molar-refractivity contribution in [3.8, 4) is 11.5 Å². The third-order valence-electron chi connectivity index (χ3n) is 2.21. The van der Waals surface area contributed by atoms with E-state index in [2.05, 4.69) is 0 Å². The van der Waals surface area contributed by atoms with Crippen LogP contribution in [0.2, 0.25) is 10.0 Å². The highest BCUT2D eigenvalue weighted by Gasteiger charge is 2.09. The Kier molecular flexibility index (Phi) is 3.77. The Balaban J connectivity index is 2.15. The highest BCUT2D eigenvalue weighted by molar-refractivity contribution is 6.37. The van der Waals surface area contributed by atoms with Gasteiger partial charge in [0, 0.05) is 12.1 Å². The summed E-state index contributed by atoms with van der Waals surface area (Å²) in [5.74, 6) is 0.405. The summed E-state index contributed by atoms with van der Waals surface area (Å²) in [6.07, 6.45) is 0. The molecule has 4 heteroatoms. The van der Waals surface area contributed by atoms with E-state index < -0.39 is 0 Å². The van der Waals surface area contributed by atoms with Crippen LogP contribution in [0.25, 0.3) is 0 Å². The van der Waals surface area contributed by atoms with Gasteiger partial charge < -0.3 is 9.84 Å². The third kappa shape index (κ3) is 3.05. The summed E-state index contributed by atoms with van der Waals surface area (Å²) in [7, 11) is 0. The predicted molar refractivity (Wildman–Crippen MR) is 68.9 cm³/mol. The molecule has 0 saturated carbocycles. The summed E-state index contributed by atoms with van der Waals surface area (Å²) in [5.41, 5.74) is 1.02. The van der Waals surface area contributed by atoms with Gasteiger partial charge in [-0.05, 0) is 5.56 Å². The molecule has 0 spiro atoms. The minimum absolute atomic E-state index is 0.0204. The van der Waals surface area contributed by atoms with Crippen LogP contribution in [0.4, 0.5) is 0 Å². The number of phenols is 1. The topological polar surface area (TPSA) is 29.5 Å². The molecule has 2 nitrogen and oxygen atoms in total. The van der Waals surface area contributed by atoms with Gasteiger partial charge in [0.05, 0.1) is 10.0 Å². The second kappa shape index (κ2) is 5.30. The average Bonchev–Trinajstić information content (AvgIpc) is 2.29. The van der Waals surface area contributed by atoms with Crippen LogP contribution in [0, 0.1) is 0 Å². The lowest BCUT2D eigenvalue weighted by Gasteiger charge is -2.10. The number of hydrogen-bond acceptors (Lipinski definition) is 2. The maximum absolute atomic E-state index is 9.28. The van der Waals surface area contributed by atoms with Crippen LogP contribution in [0.1, 0.15) is 5.56 Å². The zero-order valence-corrected chi connectivity index (χ0v) is 10.4. The largest absolute Gasteiger partial charge is 0.508 e. The molecule has 2 aromatic carbocycles. The second-order valence-corrected chi connectivity index (χ2v) is 4.33. The van der Waals surface area contributed by atoms with Gasteiger partial charge in [-0.1, -0.05) is 53.5 Å².